The lowest BCUT2D eigenvalue weighted by molar-refractivity contribution is 0.415. The summed E-state index contributed by atoms with van der Waals surface area (Å²) in [6.07, 6.45) is 6.43. The molecule has 130 valence electrons. The van der Waals surface area contributed by atoms with E-state index < -0.39 is 0 Å². The monoisotopic (exact) mass is 351 g/mol. The highest BCUT2D eigenvalue weighted by Gasteiger charge is 2.14. The Kier molecular flexibility index (Phi) is 4.62. The van der Waals surface area contributed by atoms with E-state index >= 15 is 0 Å². The molecule has 3 nitrogen and oxygen atoms in total. The number of nitrogens with one attached hydrogen (secondary N) is 2. The van der Waals surface area contributed by atoms with Crippen molar-refractivity contribution in [3.8, 4) is 0 Å². The van der Waals surface area contributed by atoms with Gasteiger partial charge in [-0.25, -0.2) is 0 Å². The minimum absolute atomic E-state index is 0.527. The van der Waals surface area contributed by atoms with Gasteiger partial charge in [-0.05, 0) is 56.2 Å². The van der Waals surface area contributed by atoms with Gasteiger partial charge in [-0.3, -0.25) is 0 Å². The molecule has 1 saturated carbocycles. The summed E-state index contributed by atoms with van der Waals surface area (Å²) in [6, 6.07) is 15.7. The topological polar surface area (TPSA) is 29.0 Å². The summed E-state index contributed by atoms with van der Waals surface area (Å²) in [5.41, 5.74) is 3.63. The van der Waals surface area contributed by atoms with Gasteiger partial charge >= 0.3 is 0 Å². The number of nitrogens with zero attached hydrogens (tertiary/aromatic N) is 1. The van der Waals surface area contributed by atoms with Gasteiger partial charge in [0.15, 0.2) is 5.11 Å². The third-order valence-corrected chi connectivity index (χ3v) is 5.51. The Labute approximate surface area is 154 Å². The summed E-state index contributed by atoms with van der Waals surface area (Å²) in [5.74, 6) is 0. The average molecular weight is 352 g/mol. The summed E-state index contributed by atoms with van der Waals surface area (Å²) in [4.78, 5) is 0. The van der Waals surface area contributed by atoms with Crippen LogP contribution in [0.1, 0.15) is 39.0 Å². The maximum atomic E-state index is 5.54. The summed E-state index contributed by atoms with van der Waals surface area (Å²) in [5, 5.41) is 10.2. The van der Waals surface area contributed by atoms with Gasteiger partial charge in [-0.15, -0.1) is 0 Å². The minimum Gasteiger partial charge on any atom is -0.360 e. The lowest BCUT2D eigenvalue weighted by atomic mass is 9.96. The summed E-state index contributed by atoms with van der Waals surface area (Å²) < 4.78 is 2.37. The van der Waals surface area contributed by atoms with Crippen LogP contribution in [0.4, 0.5) is 5.69 Å². The molecule has 1 heterocycles. The number of aromatic nitrogens is 1. The van der Waals surface area contributed by atoms with Gasteiger partial charge < -0.3 is 15.2 Å². The Bertz CT molecular complexity index is 906. The first-order valence-corrected chi connectivity index (χ1v) is 9.75. The highest BCUT2D eigenvalue weighted by Crippen LogP contribution is 2.31. The van der Waals surface area contributed by atoms with E-state index in [1.165, 1.54) is 53.9 Å². The molecule has 4 heteroatoms. The fraction of sp³-hybridized carbons (Fsp3) is 0.381. The molecule has 0 unspecified atom stereocenters. The quantitative estimate of drug-likeness (QED) is 0.616. The molecule has 0 atom stereocenters. The van der Waals surface area contributed by atoms with Crippen LogP contribution in [0.3, 0.4) is 0 Å². The van der Waals surface area contributed by atoms with Crippen LogP contribution < -0.4 is 10.6 Å². The van der Waals surface area contributed by atoms with E-state index in [0.29, 0.717) is 6.04 Å². The minimum atomic E-state index is 0.527. The number of para-hydroxylation sites is 1. The average Bonchev–Trinajstić information content (AvgIpc) is 2.95. The summed E-state index contributed by atoms with van der Waals surface area (Å²) in [7, 11) is 0. The SMILES string of the molecule is CCn1c2ccccc2c2cc(NC(=S)NC3CCCCC3)ccc21. The Morgan fingerprint density at radius 2 is 1.80 bits per heavy atom. The molecule has 2 N–H and O–H groups in total. The van der Waals surface area contributed by atoms with E-state index in [4.69, 9.17) is 12.2 Å². The first kappa shape index (κ1) is 16.4. The van der Waals surface area contributed by atoms with Crippen LogP contribution in [0.2, 0.25) is 0 Å². The van der Waals surface area contributed by atoms with E-state index in [2.05, 4.69) is 64.6 Å². The van der Waals surface area contributed by atoms with Crippen molar-refractivity contribution in [2.24, 2.45) is 0 Å². The van der Waals surface area contributed by atoms with E-state index in [1.54, 1.807) is 0 Å². The second-order valence-corrected chi connectivity index (χ2v) is 7.33. The van der Waals surface area contributed by atoms with Gasteiger partial charge in [-0.2, -0.15) is 0 Å². The number of hydrogen-bond acceptors (Lipinski definition) is 1. The summed E-state index contributed by atoms with van der Waals surface area (Å²) >= 11 is 5.54. The maximum Gasteiger partial charge on any atom is 0.170 e. The molecule has 1 fully saturated rings. The molecule has 1 aliphatic rings. The maximum absolute atomic E-state index is 5.54. The lowest BCUT2D eigenvalue weighted by Crippen LogP contribution is -2.38. The molecule has 0 aliphatic heterocycles. The first-order valence-electron chi connectivity index (χ1n) is 9.35. The normalized spacial score (nSPS) is 15.6. The third kappa shape index (κ3) is 3.23. The van der Waals surface area contributed by atoms with Gasteiger partial charge in [0.05, 0.1) is 0 Å². The van der Waals surface area contributed by atoms with E-state index in [1.807, 2.05) is 0 Å². The lowest BCUT2D eigenvalue weighted by Gasteiger charge is -2.24. The van der Waals surface area contributed by atoms with Crippen LogP contribution in [0.15, 0.2) is 42.5 Å². The molecule has 0 amide bonds. The van der Waals surface area contributed by atoms with Crippen LogP contribution in [0, 0.1) is 0 Å². The van der Waals surface area contributed by atoms with Crippen molar-refractivity contribution in [3.05, 3.63) is 42.5 Å². The fourth-order valence-corrected chi connectivity index (χ4v) is 4.36. The van der Waals surface area contributed by atoms with Gasteiger partial charge in [0.2, 0.25) is 0 Å². The predicted molar refractivity (Wildman–Crippen MR) is 111 cm³/mol. The van der Waals surface area contributed by atoms with Crippen molar-refractivity contribution in [1.29, 1.82) is 0 Å². The van der Waals surface area contributed by atoms with Crippen LogP contribution in [-0.2, 0) is 6.54 Å². The Morgan fingerprint density at radius 3 is 2.60 bits per heavy atom. The third-order valence-electron chi connectivity index (χ3n) is 5.29. The predicted octanol–water partition coefficient (Wildman–Crippen LogP) is 5.43. The first-order chi connectivity index (χ1) is 12.3. The van der Waals surface area contributed by atoms with E-state index in [-0.39, 0.29) is 0 Å². The second kappa shape index (κ2) is 7.04. The zero-order valence-corrected chi connectivity index (χ0v) is 15.5. The fourth-order valence-electron chi connectivity index (χ4n) is 4.07. The molecule has 0 bridgehead atoms. The molecule has 1 aromatic heterocycles. The number of rotatable bonds is 3. The highest BCUT2D eigenvalue weighted by atomic mass is 32.1. The van der Waals surface area contributed by atoms with Gasteiger partial charge in [0, 0.05) is 40.1 Å². The standard InChI is InChI=1S/C21H25N3S/c1-2-24-19-11-7-6-10-17(19)18-14-16(12-13-20(18)24)23-21(25)22-15-8-4-3-5-9-15/h6-7,10-15H,2-5,8-9H2,1H3,(H2,22,23,25). The molecule has 0 saturated heterocycles. The zero-order valence-electron chi connectivity index (χ0n) is 14.7. The van der Waals surface area contributed by atoms with Crippen molar-refractivity contribution >= 4 is 44.8 Å². The molecule has 3 aromatic rings. The van der Waals surface area contributed by atoms with Crippen LogP contribution in [0.5, 0.6) is 0 Å². The Hall–Kier alpha value is -2.07. The smallest absolute Gasteiger partial charge is 0.170 e. The van der Waals surface area contributed by atoms with Crippen LogP contribution >= 0.6 is 12.2 Å². The zero-order chi connectivity index (χ0) is 17.2. The molecule has 2 aromatic carbocycles. The van der Waals surface area contributed by atoms with Crippen molar-refractivity contribution < 1.29 is 0 Å². The number of benzene rings is 2. The van der Waals surface area contributed by atoms with E-state index in [0.717, 1.165) is 17.3 Å². The number of aryl methyl sites for hydroxylation is 1. The van der Waals surface area contributed by atoms with Crippen LogP contribution in [0.25, 0.3) is 21.8 Å². The molecule has 1 aliphatic carbocycles. The van der Waals surface area contributed by atoms with E-state index in [9.17, 15) is 0 Å². The molecule has 0 spiro atoms. The van der Waals surface area contributed by atoms with Crippen molar-refractivity contribution in [3.63, 3.8) is 0 Å². The molecule has 25 heavy (non-hydrogen) atoms. The van der Waals surface area contributed by atoms with Gasteiger partial charge in [-0.1, -0.05) is 37.5 Å². The van der Waals surface area contributed by atoms with Crippen molar-refractivity contribution in [2.45, 2.75) is 51.6 Å². The molecule has 4 rings (SSSR count). The largest absolute Gasteiger partial charge is 0.360 e. The number of thiocarbonyl (C=S) groups is 1. The van der Waals surface area contributed by atoms with Crippen LogP contribution in [-0.4, -0.2) is 15.7 Å². The molecule has 0 radical (unpaired) electrons. The Balaban J connectivity index is 1.60. The number of fused-ring (bicyclic) bond motifs is 3. The van der Waals surface area contributed by atoms with Crippen molar-refractivity contribution in [1.82, 2.24) is 9.88 Å². The van der Waals surface area contributed by atoms with Crippen molar-refractivity contribution in [2.75, 3.05) is 5.32 Å². The number of hydrogen-bond donors (Lipinski definition) is 2. The summed E-state index contributed by atoms with van der Waals surface area (Å²) in [6.45, 7) is 3.17. The van der Waals surface area contributed by atoms with Gasteiger partial charge in [0.1, 0.15) is 0 Å². The molecular formula is C21H25N3S. The second-order valence-electron chi connectivity index (χ2n) is 6.93. The van der Waals surface area contributed by atoms with Gasteiger partial charge in [0.25, 0.3) is 0 Å². The highest BCUT2D eigenvalue weighted by molar-refractivity contribution is 7.80. The molecular weight excluding hydrogens is 326 g/mol. The Morgan fingerprint density at radius 1 is 1.04 bits per heavy atom. The number of anilines is 1.